The van der Waals surface area contributed by atoms with Gasteiger partial charge in [0, 0.05) is 37.6 Å². The molecule has 2 aromatic rings. The van der Waals surface area contributed by atoms with Crippen LogP contribution in [0.2, 0.25) is 10.0 Å². The molecule has 0 radical (unpaired) electrons. The molecule has 224 valence electrons. The first-order chi connectivity index (χ1) is 18.8. The molecule has 1 aromatic carbocycles. The van der Waals surface area contributed by atoms with E-state index in [1.54, 1.807) is 20.8 Å². The summed E-state index contributed by atoms with van der Waals surface area (Å²) in [5, 5.41) is 10.1. The van der Waals surface area contributed by atoms with Crippen LogP contribution in [0.4, 0.5) is 26.3 Å². The number of thiazole rings is 1. The van der Waals surface area contributed by atoms with Crippen LogP contribution in [0.1, 0.15) is 65.9 Å². The second-order valence-electron chi connectivity index (χ2n) is 10.1. The molecule has 0 spiro atoms. The largest absolute Gasteiger partial charge is 0.430 e. The number of nitrogens with one attached hydrogen (secondary N) is 1. The lowest BCUT2D eigenvalue weighted by molar-refractivity contribution is -0.376. The Kier molecular flexibility index (Phi) is 9.30. The fourth-order valence-electron chi connectivity index (χ4n) is 4.16. The number of hydrogen-bond acceptors (Lipinski definition) is 5. The first-order valence-corrected chi connectivity index (χ1v) is 13.7. The Morgan fingerprint density at radius 1 is 1.15 bits per heavy atom. The predicted octanol–water partition coefficient (Wildman–Crippen LogP) is 6.87. The van der Waals surface area contributed by atoms with Crippen LogP contribution in [0.3, 0.4) is 0 Å². The number of aromatic nitrogens is 1. The second-order valence-corrected chi connectivity index (χ2v) is 11.9. The van der Waals surface area contributed by atoms with Crippen molar-refractivity contribution in [2.75, 3.05) is 13.1 Å². The summed E-state index contributed by atoms with van der Waals surface area (Å²) in [5.74, 6) is -1.39. The second kappa shape index (κ2) is 11.6. The average molecular weight is 645 g/mol. The number of halogens is 8. The Morgan fingerprint density at radius 2 is 1.76 bits per heavy atom. The van der Waals surface area contributed by atoms with Gasteiger partial charge in [0.05, 0.1) is 21.5 Å². The number of rotatable bonds is 6. The summed E-state index contributed by atoms with van der Waals surface area (Å²) < 4.78 is 81.1. The topological polar surface area (TPSA) is 86.9 Å². The summed E-state index contributed by atoms with van der Waals surface area (Å²) in [7, 11) is 0. The SMILES string of the molecule is [C-]#[N+]C(C)(C)CNC(=O)c1nc(C(=O)N2CCCC[C@@H]2C)c(-c2ccc(C(O)(C(F)(F)F)C(F)(F)F)c(Cl)c2Cl)s1. The summed E-state index contributed by atoms with van der Waals surface area (Å²) in [6.07, 6.45) is -10.2. The van der Waals surface area contributed by atoms with E-state index in [1.807, 2.05) is 0 Å². The van der Waals surface area contributed by atoms with Crippen molar-refractivity contribution in [3.05, 3.63) is 49.9 Å². The molecule has 0 unspecified atom stereocenters. The van der Waals surface area contributed by atoms with Gasteiger partial charge in [0.2, 0.25) is 5.54 Å². The summed E-state index contributed by atoms with van der Waals surface area (Å²) in [5.41, 5.74) is -8.62. The number of piperidine rings is 1. The van der Waals surface area contributed by atoms with Crippen LogP contribution in [0.5, 0.6) is 0 Å². The first-order valence-electron chi connectivity index (χ1n) is 12.1. The quantitative estimate of drug-likeness (QED) is 0.265. The van der Waals surface area contributed by atoms with Crippen LogP contribution in [-0.2, 0) is 5.60 Å². The van der Waals surface area contributed by atoms with Gasteiger partial charge in [0.15, 0.2) is 5.01 Å². The molecule has 2 heterocycles. The minimum atomic E-state index is -6.21. The summed E-state index contributed by atoms with van der Waals surface area (Å²) in [4.78, 5) is 35.4. The molecule has 1 saturated heterocycles. The van der Waals surface area contributed by atoms with Gasteiger partial charge in [-0.05, 0) is 26.2 Å². The molecule has 2 amide bonds. The molecule has 0 bridgehead atoms. The van der Waals surface area contributed by atoms with Crippen molar-refractivity contribution >= 4 is 46.4 Å². The Bertz CT molecular complexity index is 1370. The number of carbonyl (C=O) groups is 2. The van der Waals surface area contributed by atoms with Crippen molar-refractivity contribution in [1.29, 1.82) is 0 Å². The zero-order chi connectivity index (χ0) is 31.1. The molecule has 1 aromatic heterocycles. The van der Waals surface area contributed by atoms with Gasteiger partial charge in [-0.15, -0.1) is 11.3 Å². The van der Waals surface area contributed by atoms with Crippen molar-refractivity contribution in [1.82, 2.24) is 15.2 Å². The van der Waals surface area contributed by atoms with E-state index in [9.17, 15) is 41.0 Å². The van der Waals surface area contributed by atoms with Gasteiger partial charge in [-0.25, -0.2) is 11.6 Å². The maximum atomic E-state index is 13.6. The minimum Gasteiger partial charge on any atom is -0.369 e. The zero-order valence-corrected chi connectivity index (χ0v) is 24.1. The fourth-order valence-corrected chi connectivity index (χ4v) is 5.78. The van der Waals surface area contributed by atoms with Gasteiger partial charge in [0.25, 0.3) is 17.4 Å². The van der Waals surface area contributed by atoms with Crippen molar-refractivity contribution in [2.24, 2.45) is 0 Å². The summed E-state index contributed by atoms with van der Waals surface area (Å²) in [6.45, 7) is 12.4. The molecule has 0 saturated carbocycles. The van der Waals surface area contributed by atoms with E-state index >= 15 is 0 Å². The van der Waals surface area contributed by atoms with Gasteiger partial charge in [0.1, 0.15) is 5.69 Å². The van der Waals surface area contributed by atoms with Gasteiger partial charge in [-0.3, -0.25) is 9.59 Å². The van der Waals surface area contributed by atoms with Gasteiger partial charge >= 0.3 is 12.4 Å². The van der Waals surface area contributed by atoms with Crippen LogP contribution in [-0.4, -0.2) is 63.8 Å². The highest BCUT2D eigenvalue weighted by molar-refractivity contribution is 7.17. The Morgan fingerprint density at radius 3 is 2.29 bits per heavy atom. The number of carbonyl (C=O) groups excluding carboxylic acids is 2. The summed E-state index contributed by atoms with van der Waals surface area (Å²) in [6, 6.07) is 0.859. The van der Waals surface area contributed by atoms with E-state index < -0.39 is 50.9 Å². The van der Waals surface area contributed by atoms with E-state index in [0.717, 1.165) is 12.5 Å². The van der Waals surface area contributed by atoms with E-state index in [2.05, 4.69) is 15.1 Å². The molecular formula is C25H24Cl2F6N4O3S. The number of nitrogens with zero attached hydrogens (tertiary/aromatic N) is 3. The van der Waals surface area contributed by atoms with E-state index in [4.69, 9.17) is 29.8 Å². The summed E-state index contributed by atoms with van der Waals surface area (Å²) >= 11 is 12.7. The lowest BCUT2D eigenvalue weighted by Gasteiger charge is -2.34. The maximum absolute atomic E-state index is 13.6. The first kappa shape index (κ1) is 32.9. The molecule has 7 nitrogen and oxygen atoms in total. The number of aliphatic hydroxyl groups is 1. The predicted molar refractivity (Wildman–Crippen MR) is 141 cm³/mol. The normalized spacial score (nSPS) is 16.9. The van der Waals surface area contributed by atoms with Crippen LogP contribution < -0.4 is 5.32 Å². The van der Waals surface area contributed by atoms with Crippen molar-refractivity contribution in [2.45, 2.75) is 69.6 Å². The van der Waals surface area contributed by atoms with Crippen LogP contribution in [0.15, 0.2) is 12.1 Å². The number of amides is 2. The van der Waals surface area contributed by atoms with Crippen molar-refractivity contribution in [3.8, 4) is 10.4 Å². The van der Waals surface area contributed by atoms with Gasteiger partial charge in [-0.2, -0.15) is 26.3 Å². The molecular weight excluding hydrogens is 621 g/mol. The van der Waals surface area contributed by atoms with Gasteiger partial charge < -0.3 is 20.2 Å². The number of likely N-dealkylation sites (tertiary alicyclic amines) is 1. The van der Waals surface area contributed by atoms with E-state index in [1.165, 1.54) is 4.90 Å². The van der Waals surface area contributed by atoms with E-state index in [-0.39, 0.29) is 33.7 Å². The van der Waals surface area contributed by atoms with Crippen molar-refractivity contribution < 1.29 is 41.0 Å². The lowest BCUT2D eigenvalue weighted by atomic mass is 9.91. The van der Waals surface area contributed by atoms with Crippen molar-refractivity contribution in [3.63, 3.8) is 0 Å². The standard InChI is InChI=1S/C25H24Cl2F6N4O3S/c1-12-7-5-6-10-37(12)21(39)17-18(41-20(36-17)19(38)35-11-22(2,3)34-4)13-8-9-14(16(27)15(13)26)23(40,24(28,29)30)25(31,32)33/h8-9,12,40H,5-7,10-11H2,1-3H3,(H,35,38)/t12-/m0/s1. The molecule has 1 atom stereocenters. The van der Waals surface area contributed by atoms with Crippen LogP contribution >= 0.6 is 34.5 Å². The van der Waals surface area contributed by atoms with Gasteiger partial charge in [-0.1, -0.05) is 35.3 Å². The molecule has 2 N–H and O–H groups in total. The average Bonchev–Trinajstić information content (AvgIpc) is 3.32. The highest BCUT2D eigenvalue weighted by Crippen LogP contribution is 2.54. The Balaban J connectivity index is 2.19. The zero-order valence-electron chi connectivity index (χ0n) is 21.8. The third-order valence-electron chi connectivity index (χ3n) is 6.61. The van der Waals surface area contributed by atoms with Crippen LogP contribution in [0.25, 0.3) is 15.3 Å². The highest BCUT2D eigenvalue weighted by Gasteiger charge is 2.72. The molecule has 1 aliphatic heterocycles. The lowest BCUT2D eigenvalue weighted by Crippen LogP contribution is -2.54. The Labute approximate surface area is 245 Å². The van der Waals surface area contributed by atoms with E-state index in [0.29, 0.717) is 36.8 Å². The molecule has 1 fully saturated rings. The smallest absolute Gasteiger partial charge is 0.369 e. The highest BCUT2D eigenvalue weighted by atomic mass is 35.5. The molecule has 1 aliphatic rings. The third-order valence-corrected chi connectivity index (χ3v) is 8.58. The number of alkyl halides is 6. The monoisotopic (exact) mass is 644 g/mol. The number of benzene rings is 1. The third kappa shape index (κ3) is 6.28. The fraction of sp³-hybridized carbons (Fsp3) is 0.520. The Hall–Kier alpha value is -2.60. The molecule has 16 heteroatoms. The number of hydrogen-bond donors (Lipinski definition) is 2. The maximum Gasteiger partial charge on any atom is 0.430 e. The minimum absolute atomic E-state index is 0.0779. The van der Waals surface area contributed by atoms with Crippen LogP contribution in [0, 0.1) is 6.57 Å². The molecule has 41 heavy (non-hydrogen) atoms. The molecule has 3 rings (SSSR count). The molecule has 0 aliphatic carbocycles.